The van der Waals surface area contributed by atoms with Crippen molar-refractivity contribution >= 4 is 11.6 Å². The van der Waals surface area contributed by atoms with Crippen LogP contribution in [0.25, 0.3) is 0 Å². The number of hydrogen-bond donors (Lipinski definition) is 2. The van der Waals surface area contributed by atoms with Crippen LogP contribution in [0.2, 0.25) is 0 Å². The second-order valence-corrected chi connectivity index (χ2v) is 7.32. The maximum absolute atomic E-state index is 13.9. The van der Waals surface area contributed by atoms with Crippen LogP contribution in [-0.2, 0) is 16.0 Å². The zero-order valence-electron chi connectivity index (χ0n) is 13.5. The van der Waals surface area contributed by atoms with Crippen LogP contribution in [-0.4, -0.2) is 36.4 Å². The molecule has 136 valence electrons. The van der Waals surface area contributed by atoms with E-state index in [0.717, 1.165) is 5.56 Å². The van der Waals surface area contributed by atoms with Gasteiger partial charge in [0.1, 0.15) is 11.9 Å². The standard InChI is InChI=1S/C17H18F4N2O2/c1-8-2-11(18)10-4-13(23-12(10)3-8)15(24)22-7-16-5-9(6-16)14(25-16)17(19,20)21/h2-3,9,13-14,23H,4-7H2,1H3,(H,22,24). The highest BCUT2D eigenvalue weighted by Gasteiger charge is 2.65. The van der Waals surface area contributed by atoms with E-state index in [1.165, 1.54) is 6.07 Å². The van der Waals surface area contributed by atoms with E-state index in [2.05, 4.69) is 10.6 Å². The van der Waals surface area contributed by atoms with Crippen LogP contribution in [0.15, 0.2) is 12.1 Å². The van der Waals surface area contributed by atoms with E-state index in [0.29, 0.717) is 24.1 Å². The molecular weight excluding hydrogens is 340 g/mol. The van der Waals surface area contributed by atoms with Gasteiger partial charge in [0.2, 0.25) is 5.91 Å². The second kappa shape index (κ2) is 5.33. The number of benzene rings is 1. The van der Waals surface area contributed by atoms with Crippen LogP contribution in [0.3, 0.4) is 0 Å². The molecule has 4 nitrogen and oxygen atoms in total. The molecule has 25 heavy (non-hydrogen) atoms. The van der Waals surface area contributed by atoms with Gasteiger partial charge in [-0.1, -0.05) is 0 Å². The number of alkyl halides is 3. The van der Waals surface area contributed by atoms with Gasteiger partial charge in [0.05, 0.1) is 5.60 Å². The Kier molecular flexibility index (Phi) is 3.55. The number of anilines is 1. The quantitative estimate of drug-likeness (QED) is 0.817. The van der Waals surface area contributed by atoms with E-state index >= 15 is 0 Å². The summed E-state index contributed by atoms with van der Waals surface area (Å²) in [4.78, 5) is 12.3. The first-order valence-corrected chi connectivity index (χ1v) is 8.25. The van der Waals surface area contributed by atoms with Gasteiger partial charge >= 0.3 is 6.18 Å². The number of amides is 1. The summed E-state index contributed by atoms with van der Waals surface area (Å²) in [6.07, 6.45) is -5.26. The summed E-state index contributed by atoms with van der Waals surface area (Å²) < 4.78 is 57.6. The van der Waals surface area contributed by atoms with Gasteiger partial charge in [-0.2, -0.15) is 13.2 Å². The molecule has 3 aliphatic heterocycles. The van der Waals surface area contributed by atoms with Crippen LogP contribution >= 0.6 is 0 Å². The zero-order chi connectivity index (χ0) is 18.0. The number of rotatable bonds is 3. The maximum Gasteiger partial charge on any atom is 0.414 e. The molecule has 0 aromatic heterocycles. The topological polar surface area (TPSA) is 50.4 Å². The van der Waals surface area contributed by atoms with Crippen molar-refractivity contribution in [1.82, 2.24) is 5.32 Å². The average molecular weight is 358 g/mol. The number of carbonyl (C=O) groups excluding carboxylic acids is 1. The third-order valence-corrected chi connectivity index (χ3v) is 5.38. The Labute approximate surface area is 141 Å². The fraction of sp³-hybridized carbons (Fsp3) is 0.588. The average Bonchev–Trinajstić information content (AvgIpc) is 3.13. The van der Waals surface area contributed by atoms with Crippen LogP contribution in [0.4, 0.5) is 23.2 Å². The number of fused-ring (bicyclic) bond motifs is 2. The summed E-state index contributed by atoms with van der Waals surface area (Å²) in [7, 11) is 0. The van der Waals surface area contributed by atoms with E-state index in [-0.39, 0.29) is 24.7 Å². The van der Waals surface area contributed by atoms with Crippen molar-refractivity contribution in [1.29, 1.82) is 0 Å². The molecule has 4 aliphatic rings. The van der Waals surface area contributed by atoms with Gasteiger partial charge < -0.3 is 15.4 Å². The zero-order valence-corrected chi connectivity index (χ0v) is 13.5. The number of nitrogens with one attached hydrogen (secondary N) is 2. The molecule has 1 amide bonds. The van der Waals surface area contributed by atoms with Gasteiger partial charge in [-0.25, -0.2) is 4.39 Å². The summed E-state index contributed by atoms with van der Waals surface area (Å²) in [5, 5.41) is 5.65. The Morgan fingerprint density at radius 2 is 2.12 bits per heavy atom. The molecule has 8 heteroatoms. The summed E-state index contributed by atoms with van der Waals surface area (Å²) in [6, 6.07) is 2.56. The number of aryl methyl sites for hydroxylation is 1. The third kappa shape index (κ3) is 2.76. The molecule has 2 atom stereocenters. The lowest BCUT2D eigenvalue weighted by Crippen LogP contribution is -2.50. The number of ether oxygens (including phenoxy) is 1. The highest BCUT2D eigenvalue weighted by molar-refractivity contribution is 5.87. The van der Waals surface area contributed by atoms with Crippen LogP contribution in [0, 0.1) is 18.7 Å². The van der Waals surface area contributed by atoms with Gasteiger partial charge in [0.25, 0.3) is 0 Å². The fourth-order valence-electron chi connectivity index (χ4n) is 4.17. The first kappa shape index (κ1) is 16.6. The minimum absolute atomic E-state index is 0.0466. The van der Waals surface area contributed by atoms with E-state index in [1.54, 1.807) is 13.0 Å². The number of halogens is 4. The predicted molar refractivity (Wildman–Crippen MR) is 81.6 cm³/mol. The van der Waals surface area contributed by atoms with Crippen molar-refractivity contribution in [3.05, 3.63) is 29.1 Å². The van der Waals surface area contributed by atoms with Crippen molar-refractivity contribution in [3.8, 4) is 0 Å². The Hall–Kier alpha value is -1.83. The molecule has 3 heterocycles. The van der Waals surface area contributed by atoms with Crippen molar-refractivity contribution in [3.63, 3.8) is 0 Å². The van der Waals surface area contributed by atoms with Crippen molar-refractivity contribution in [2.24, 2.45) is 5.92 Å². The molecule has 1 saturated carbocycles. The Morgan fingerprint density at radius 1 is 1.40 bits per heavy atom. The largest absolute Gasteiger partial charge is 0.414 e. The molecule has 5 rings (SSSR count). The SMILES string of the molecule is Cc1cc(F)c2c(c1)NC(C(=O)NCC13CC(C1)C(C(F)(F)F)O3)C2. The molecule has 1 aliphatic carbocycles. The van der Waals surface area contributed by atoms with E-state index in [9.17, 15) is 22.4 Å². The van der Waals surface area contributed by atoms with Crippen molar-refractivity contribution in [2.45, 2.75) is 50.1 Å². The minimum atomic E-state index is -4.36. The number of carbonyl (C=O) groups is 1. The lowest BCUT2D eigenvalue weighted by molar-refractivity contribution is -0.216. The highest BCUT2D eigenvalue weighted by Crippen LogP contribution is 2.56. The molecule has 0 spiro atoms. The monoisotopic (exact) mass is 358 g/mol. The first-order chi connectivity index (χ1) is 11.7. The third-order valence-electron chi connectivity index (χ3n) is 5.38. The van der Waals surface area contributed by atoms with Gasteiger partial charge in [-0.05, 0) is 43.4 Å². The van der Waals surface area contributed by atoms with Crippen LogP contribution in [0.5, 0.6) is 0 Å². The summed E-state index contributed by atoms with van der Waals surface area (Å²) >= 11 is 0. The molecular formula is C17H18F4N2O2. The van der Waals surface area contributed by atoms with E-state index in [1.807, 2.05) is 0 Å². The molecule has 2 bridgehead atoms. The van der Waals surface area contributed by atoms with Crippen LogP contribution < -0.4 is 10.6 Å². The Bertz CT molecular complexity index is 728. The normalized spacial score (nSPS) is 32.8. The van der Waals surface area contributed by atoms with Crippen molar-refractivity contribution in [2.75, 3.05) is 11.9 Å². The molecule has 2 N–H and O–H groups in total. The Balaban J connectivity index is 1.35. The highest BCUT2D eigenvalue weighted by atomic mass is 19.4. The minimum Gasteiger partial charge on any atom is -0.373 e. The lowest BCUT2D eigenvalue weighted by Gasteiger charge is -2.36. The molecule has 2 saturated heterocycles. The molecule has 0 radical (unpaired) electrons. The van der Waals surface area contributed by atoms with Gasteiger partial charge in [0.15, 0.2) is 6.10 Å². The number of hydrogen-bond acceptors (Lipinski definition) is 3. The maximum atomic E-state index is 13.9. The molecule has 1 aromatic rings. The summed E-state index contributed by atoms with van der Waals surface area (Å²) in [5.74, 6) is -1.22. The molecule has 1 aromatic carbocycles. The predicted octanol–water partition coefficient (Wildman–Crippen LogP) is 2.70. The van der Waals surface area contributed by atoms with E-state index < -0.39 is 29.8 Å². The fourth-order valence-corrected chi connectivity index (χ4v) is 4.17. The Morgan fingerprint density at radius 3 is 2.76 bits per heavy atom. The molecule has 2 unspecified atom stereocenters. The summed E-state index contributed by atoms with van der Waals surface area (Å²) in [5.41, 5.74) is 0.894. The lowest BCUT2D eigenvalue weighted by atomic mass is 9.72. The summed E-state index contributed by atoms with van der Waals surface area (Å²) in [6.45, 7) is 1.81. The smallest absolute Gasteiger partial charge is 0.373 e. The second-order valence-electron chi connectivity index (χ2n) is 7.32. The van der Waals surface area contributed by atoms with Gasteiger partial charge in [-0.3, -0.25) is 4.79 Å². The van der Waals surface area contributed by atoms with Crippen molar-refractivity contribution < 1.29 is 27.1 Å². The van der Waals surface area contributed by atoms with Crippen LogP contribution in [0.1, 0.15) is 24.0 Å². The molecule has 3 fully saturated rings. The van der Waals surface area contributed by atoms with Gasteiger partial charge in [0, 0.05) is 24.2 Å². The first-order valence-electron chi connectivity index (χ1n) is 8.25. The van der Waals surface area contributed by atoms with E-state index in [4.69, 9.17) is 4.74 Å². The van der Waals surface area contributed by atoms with Gasteiger partial charge in [-0.15, -0.1) is 0 Å².